The van der Waals surface area contributed by atoms with Gasteiger partial charge in [-0.15, -0.1) is 0 Å². The molecule has 2 aromatic carbocycles. The molecule has 28 heavy (non-hydrogen) atoms. The van der Waals surface area contributed by atoms with Gasteiger partial charge in [-0.3, -0.25) is 4.72 Å². The Labute approximate surface area is 173 Å². The highest BCUT2D eigenvalue weighted by Gasteiger charge is 2.22. The van der Waals surface area contributed by atoms with Gasteiger partial charge in [0.05, 0.1) is 11.4 Å². The van der Waals surface area contributed by atoms with E-state index in [-0.39, 0.29) is 16.3 Å². The molecular weight excluding hydrogens is 506 g/mol. The topological polar surface area (TPSA) is 63.1 Å². The van der Waals surface area contributed by atoms with Crippen LogP contribution in [0.4, 0.5) is 30.2 Å². The molecule has 1 aromatic heterocycles. The van der Waals surface area contributed by atoms with Gasteiger partial charge in [0.2, 0.25) is 0 Å². The summed E-state index contributed by atoms with van der Waals surface area (Å²) in [5.74, 6) is -3.22. The van der Waals surface area contributed by atoms with Crippen LogP contribution in [0.5, 0.6) is 0 Å². The molecule has 0 aliphatic heterocycles. The van der Waals surface area contributed by atoms with Crippen molar-refractivity contribution in [2.45, 2.75) is 11.8 Å². The quantitative estimate of drug-likeness (QED) is 0.470. The first-order valence-electron chi connectivity index (χ1n) is 7.94. The van der Waals surface area contributed by atoms with Gasteiger partial charge in [0.1, 0.15) is 16.4 Å². The van der Waals surface area contributed by atoms with Gasteiger partial charge in [0.15, 0.2) is 11.6 Å². The molecule has 0 aliphatic carbocycles. The number of nitrogens with one attached hydrogen (secondary N) is 2. The van der Waals surface area contributed by atoms with Crippen LogP contribution < -0.4 is 10.0 Å². The lowest BCUT2D eigenvalue weighted by atomic mass is 10.2. The van der Waals surface area contributed by atoms with Crippen molar-refractivity contribution >= 4 is 49.7 Å². The van der Waals surface area contributed by atoms with Crippen LogP contribution in [0.1, 0.15) is 5.69 Å². The zero-order chi connectivity index (χ0) is 20.6. The maximum Gasteiger partial charge on any atom is 0.263 e. The highest BCUT2D eigenvalue weighted by molar-refractivity contribution is 14.1. The number of halogens is 4. The average Bonchev–Trinajstić information content (AvgIpc) is 2.96. The van der Waals surface area contributed by atoms with Crippen molar-refractivity contribution in [3.05, 3.63) is 69.3 Å². The van der Waals surface area contributed by atoms with Crippen molar-refractivity contribution in [3.63, 3.8) is 0 Å². The van der Waals surface area contributed by atoms with Gasteiger partial charge >= 0.3 is 0 Å². The lowest BCUT2D eigenvalue weighted by Gasteiger charge is -2.15. The molecule has 0 amide bonds. The predicted octanol–water partition coefficient (Wildman–Crippen LogP) is 4.90. The van der Waals surface area contributed by atoms with Gasteiger partial charge in [-0.25, -0.2) is 21.6 Å². The van der Waals surface area contributed by atoms with E-state index in [1.165, 1.54) is 24.4 Å². The third-order valence-electron chi connectivity index (χ3n) is 4.07. The van der Waals surface area contributed by atoms with Crippen LogP contribution in [0.3, 0.4) is 0 Å². The zero-order valence-corrected chi connectivity index (χ0v) is 17.7. The number of aryl methyl sites for hydroxylation is 2. The Morgan fingerprint density at radius 1 is 1.00 bits per heavy atom. The number of anilines is 3. The molecule has 0 unspecified atom stereocenters. The Bertz CT molecular complexity index is 1140. The van der Waals surface area contributed by atoms with E-state index in [0.29, 0.717) is 9.26 Å². The highest BCUT2D eigenvalue weighted by Crippen LogP contribution is 2.33. The Hall–Kier alpha value is -2.21. The molecule has 0 aliphatic rings. The number of hydrogen-bond acceptors (Lipinski definition) is 3. The van der Waals surface area contributed by atoms with Crippen LogP contribution in [0.2, 0.25) is 0 Å². The monoisotopic (exact) mass is 521 g/mol. The largest absolute Gasteiger partial charge is 0.353 e. The van der Waals surface area contributed by atoms with Crippen molar-refractivity contribution in [1.29, 1.82) is 0 Å². The number of nitrogens with zero attached hydrogens (tertiary/aromatic N) is 1. The molecule has 3 rings (SSSR count). The minimum atomic E-state index is -4.07. The number of hydrogen-bond donors (Lipinski definition) is 2. The molecule has 0 saturated heterocycles. The van der Waals surface area contributed by atoms with E-state index in [1.807, 2.05) is 22.6 Å². The molecule has 0 bridgehead atoms. The predicted molar refractivity (Wildman–Crippen MR) is 110 cm³/mol. The lowest BCUT2D eigenvalue weighted by molar-refractivity contribution is 0.512. The van der Waals surface area contributed by atoms with Gasteiger partial charge in [-0.05, 0) is 65.9 Å². The van der Waals surface area contributed by atoms with E-state index in [9.17, 15) is 21.6 Å². The summed E-state index contributed by atoms with van der Waals surface area (Å²) in [6.45, 7) is 1.73. The van der Waals surface area contributed by atoms with E-state index >= 15 is 0 Å². The molecule has 0 saturated carbocycles. The molecule has 0 atom stereocenters. The Morgan fingerprint density at radius 2 is 1.68 bits per heavy atom. The molecule has 5 nitrogen and oxygen atoms in total. The van der Waals surface area contributed by atoms with Crippen molar-refractivity contribution in [3.8, 4) is 0 Å². The molecular formula is C18H15F3IN3O2S. The normalized spacial score (nSPS) is 11.5. The fourth-order valence-electron chi connectivity index (χ4n) is 2.47. The Morgan fingerprint density at radius 3 is 2.29 bits per heavy atom. The van der Waals surface area contributed by atoms with E-state index in [1.54, 1.807) is 24.6 Å². The Balaban J connectivity index is 2.03. The molecule has 0 radical (unpaired) electrons. The molecule has 3 aromatic rings. The number of sulfonamides is 1. The van der Waals surface area contributed by atoms with Crippen molar-refractivity contribution in [2.24, 2.45) is 7.05 Å². The van der Waals surface area contributed by atoms with Gasteiger partial charge < -0.3 is 9.88 Å². The van der Waals surface area contributed by atoms with Gasteiger partial charge in [-0.1, -0.05) is 0 Å². The second-order valence-electron chi connectivity index (χ2n) is 6.07. The van der Waals surface area contributed by atoms with E-state index in [4.69, 9.17) is 0 Å². The highest BCUT2D eigenvalue weighted by atomic mass is 127. The summed E-state index contributed by atoms with van der Waals surface area (Å²) in [7, 11) is -2.39. The zero-order valence-electron chi connectivity index (χ0n) is 14.7. The maximum atomic E-state index is 14.4. The molecule has 1 heterocycles. The van der Waals surface area contributed by atoms with Crippen LogP contribution in [0.25, 0.3) is 0 Å². The number of benzene rings is 2. The van der Waals surface area contributed by atoms with Crippen molar-refractivity contribution in [1.82, 2.24) is 4.57 Å². The Kier molecular flexibility index (Phi) is 5.62. The van der Waals surface area contributed by atoms with E-state index in [0.717, 1.165) is 12.1 Å². The van der Waals surface area contributed by atoms with Gasteiger partial charge in [0.25, 0.3) is 10.0 Å². The first-order valence-corrected chi connectivity index (χ1v) is 10.5. The van der Waals surface area contributed by atoms with Crippen molar-refractivity contribution < 1.29 is 21.6 Å². The summed E-state index contributed by atoms with van der Waals surface area (Å²) in [5, 5.41) is 2.44. The smallest absolute Gasteiger partial charge is 0.263 e. The molecule has 2 N–H and O–H groups in total. The summed E-state index contributed by atoms with van der Waals surface area (Å²) in [6, 6.07) is 7.42. The van der Waals surface area contributed by atoms with Crippen LogP contribution in [0.15, 0.2) is 47.5 Å². The van der Waals surface area contributed by atoms with Crippen LogP contribution >= 0.6 is 22.6 Å². The summed E-state index contributed by atoms with van der Waals surface area (Å²) in [4.78, 5) is -0.0383. The molecule has 10 heteroatoms. The van der Waals surface area contributed by atoms with Crippen LogP contribution in [-0.2, 0) is 17.1 Å². The van der Waals surface area contributed by atoms with Gasteiger partial charge in [-0.2, -0.15) is 0 Å². The number of rotatable bonds is 5. The second kappa shape index (κ2) is 7.66. The minimum absolute atomic E-state index is 0.0383. The summed E-state index contributed by atoms with van der Waals surface area (Å²) >= 11 is 1.91. The molecule has 0 spiro atoms. The fraction of sp³-hybridized carbons (Fsp3) is 0.111. The number of aromatic nitrogens is 1. The first kappa shape index (κ1) is 20.5. The fourth-order valence-corrected chi connectivity index (χ4v) is 4.12. The lowest BCUT2D eigenvalue weighted by Crippen LogP contribution is -2.14. The molecule has 0 fully saturated rings. The molecule has 148 valence electrons. The van der Waals surface area contributed by atoms with E-state index < -0.39 is 33.2 Å². The average molecular weight is 521 g/mol. The second-order valence-corrected chi connectivity index (χ2v) is 8.99. The maximum absolute atomic E-state index is 14.4. The SMILES string of the molecule is Cc1cc(S(=O)(=O)Nc2ccc(F)c(F)c2Nc2ccc(I)cc2F)cn1C. The van der Waals surface area contributed by atoms with E-state index in [2.05, 4.69) is 10.0 Å². The standard InChI is InChI=1S/C18H15F3IN3O2S/c1-10-7-12(9-25(10)2)28(26,27)24-16-6-4-13(19)17(21)18(16)23-15-5-3-11(22)8-14(15)20/h3-9,23-24H,1-2H3. The summed E-state index contributed by atoms with van der Waals surface area (Å²) in [6.07, 6.45) is 1.39. The minimum Gasteiger partial charge on any atom is -0.353 e. The van der Waals surface area contributed by atoms with Crippen LogP contribution in [-0.4, -0.2) is 13.0 Å². The third kappa shape index (κ3) is 4.12. The van der Waals surface area contributed by atoms with Crippen LogP contribution in [0, 0.1) is 27.9 Å². The van der Waals surface area contributed by atoms with Gasteiger partial charge in [0, 0.05) is 22.5 Å². The summed E-state index contributed by atoms with van der Waals surface area (Å²) in [5.41, 5.74) is -0.194. The first-order chi connectivity index (χ1) is 13.1. The summed E-state index contributed by atoms with van der Waals surface area (Å²) < 4.78 is 72.0. The third-order valence-corrected chi connectivity index (χ3v) is 6.07. The van der Waals surface area contributed by atoms with Crippen molar-refractivity contribution in [2.75, 3.05) is 10.0 Å².